The van der Waals surface area contributed by atoms with Crippen LogP contribution in [0.25, 0.3) is 0 Å². The Labute approximate surface area is 177 Å². The summed E-state index contributed by atoms with van der Waals surface area (Å²) in [5, 5.41) is 23.1. The van der Waals surface area contributed by atoms with Gasteiger partial charge in [0.05, 0.1) is 35.5 Å². The van der Waals surface area contributed by atoms with Crippen LogP contribution in [0.1, 0.15) is 30.9 Å². The van der Waals surface area contributed by atoms with Crippen molar-refractivity contribution in [2.75, 3.05) is 6.61 Å². The van der Waals surface area contributed by atoms with Gasteiger partial charge in [0.2, 0.25) is 12.2 Å². The number of hydroxylamine groups is 2. The molecule has 0 unspecified atom stereocenters. The van der Waals surface area contributed by atoms with Crippen LogP contribution in [0.4, 0.5) is 11.4 Å². The van der Waals surface area contributed by atoms with Gasteiger partial charge >= 0.3 is 11.7 Å². The van der Waals surface area contributed by atoms with E-state index in [4.69, 9.17) is 9.57 Å². The van der Waals surface area contributed by atoms with E-state index in [1.165, 1.54) is 0 Å². The summed E-state index contributed by atoms with van der Waals surface area (Å²) in [5.74, 6) is -1.19. The van der Waals surface area contributed by atoms with E-state index in [1.54, 1.807) is 24.3 Å². The highest BCUT2D eigenvalue weighted by atomic mass is 16.7. The van der Waals surface area contributed by atoms with Crippen LogP contribution < -0.4 is 4.74 Å². The molecule has 31 heavy (non-hydrogen) atoms. The lowest BCUT2D eigenvalue weighted by Crippen LogP contribution is -2.23. The van der Waals surface area contributed by atoms with Crippen molar-refractivity contribution in [3.8, 4) is 5.75 Å². The van der Waals surface area contributed by atoms with Gasteiger partial charge in [0, 0.05) is 6.07 Å². The Balaban J connectivity index is 2.14. The summed E-state index contributed by atoms with van der Waals surface area (Å²) >= 11 is 0. The molecule has 0 aliphatic rings. The first-order chi connectivity index (χ1) is 14.8. The van der Waals surface area contributed by atoms with Crippen molar-refractivity contribution < 1.29 is 29.0 Å². The molecule has 0 aliphatic carbocycles. The molecule has 0 fully saturated rings. The number of ether oxygens (including phenoxy) is 1. The maximum absolute atomic E-state index is 12.4. The number of hydrogen-bond donors (Lipinski definition) is 0. The van der Waals surface area contributed by atoms with Gasteiger partial charge in [-0.05, 0) is 23.6 Å². The first kappa shape index (κ1) is 23.4. The third-order valence-corrected chi connectivity index (χ3v) is 4.23. The Bertz CT molecular complexity index is 963. The average Bonchev–Trinajstić information content (AvgIpc) is 2.74. The standard InChI is InChI=1S/C20H21N3O8/c1-2-3-10-30-21(14-24)13-16-7-5-4-6-15(16)11-20(25)31-19-9-8-17(22(26)27)12-18(19)23(28)29/h4-9,12,14H,2-3,10-11,13H2,1H3. The van der Waals surface area contributed by atoms with E-state index in [9.17, 15) is 29.8 Å². The van der Waals surface area contributed by atoms with Gasteiger partial charge in [-0.25, -0.2) is 5.06 Å². The number of hydrogen-bond acceptors (Lipinski definition) is 8. The minimum Gasteiger partial charge on any atom is -0.419 e. The number of non-ortho nitro benzene ring substituents is 1. The lowest BCUT2D eigenvalue weighted by Gasteiger charge is -2.18. The normalized spacial score (nSPS) is 10.4. The zero-order chi connectivity index (χ0) is 22.8. The Morgan fingerprint density at radius 1 is 1.10 bits per heavy atom. The van der Waals surface area contributed by atoms with Crippen molar-refractivity contribution in [2.24, 2.45) is 0 Å². The van der Waals surface area contributed by atoms with Crippen molar-refractivity contribution in [2.45, 2.75) is 32.7 Å². The van der Waals surface area contributed by atoms with Crippen LogP contribution in [-0.4, -0.2) is 33.9 Å². The third kappa shape index (κ3) is 6.85. The molecule has 2 rings (SSSR count). The van der Waals surface area contributed by atoms with E-state index in [0.717, 1.165) is 36.1 Å². The van der Waals surface area contributed by atoms with Crippen molar-refractivity contribution in [3.63, 3.8) is 0 Å². The van der Waals surface area contributed by atoms with Crippen molar-refractivity contribution >= 4 is 23.8 Å². The molecule has 0 atom stereocenters. The molecule has 0 saturated heterocycles. The molecule has 11 heteroatoms. The topological polar surface area (TPSA) is 142 Å². The largest absolute Gasteiger partial charge is 0.419 e. The summed E-state index contributed by atoms with van der Waals surface area (Å²) in [5.41, 5.74) is 0.00501. The van der Waals surface area contributed by atoms with E-state index < -0.39 is 32.9 Å². The summed E-state index contributed by atoms with van der Waals surface area (Å²) in [6.07, 6.45) is 2.01. The van der Waals surface area contributed by atoms with Gasteiger partial charge in [-0.2, -0.15) is 0 Å². The van der Waals surface area contributed by atoms with Crippen LogP contribution in [0, 0.1) is 20.2 Å². The van der Waals surface area contributed by atoms with Gasteiger partial charge in [0.1, 0.15) is 0 Å². The summed E-state index contributed by atoms with van der Waals surface area (Å²) in [6.45, 7) is 2.47. The van der Waals surface area contributed by atoms with Crippen molar-refractivity contribution in [1.29, 1.82) is 0 Å². The molecule has 2 aromatic carbocycles. The zero-order valence-electron chi connectivity index (χ0n) is 16.8. The molecular formula is C20H21N3O8. The Kier molecular flexibility index (Phi) is 8.58. The molecule has 0 radical (unpaired) electrons. The first-order valence-electron chi connectivity index (χ1n) is 9.40. The predicted octanol–water partition coefficient (Wildman–Crippen LogP) is 3.34. The SMILES string of the molecule is CCCCON(C=O)Cc1ccccc1CC(=O)Oc1ccc([N+](=O)[O-])cc1[N+](=O)[O-]. The molecule has 0 aliphatic heterocycles. The van der Waals surface area contributed by atoms with Crippen LogP contribution in [0.5, 0.6) is 5.75 Å². The Hall–Kier alpha value is -3.86. The number of esters is 1. The van der Waals surface area contributed by atoms with Gasteiger partial charge in [0.15, 0.2) is 0 Å². The number of benzene rings is 2. The fraction of sp³-hybridized carbons (Fsp3) is 0.300. The maximum atomic E-state index is 12.4. The van der Waals surface area contributed by atoms with Crippen molar-refractivity contribution in [3.05, 3.63) is 73.8 Å². The smallest absolute Gasteiger partial charge is 0.318 e. The van der Waals surface area contributed by atoms with Gasteiger partial charge in [-0.1, -0.05) is 37.6 Å². The van der Waals surface area contributed by atoms with Crippen LogP contribution in [-0.2, 0) is 27.4 Å². The van der Waals surface area contributed by atoms with Gasteiger partial charge < -0.3 is 4.74 Å². The second-order valence-corrected chi connectivity index (χ2v) is 6.45. The number of carbonyl (C=O) groups excluding carboxylic acids is 2. The van der Waals surface area contributed by atoms with Crippen LogP contribution >= 0.6 is 0 Å². The van der Waals surface area contributed by atoms with E-state index >= 15 is 0 Å². The molecule has 1 amide bonds. The molecule has 2 aromatic rings. The molecule has 0 spiro atoms. The summed E-state index contributed by atoms with van der Waals surface area (Å²) in [7, 11) is 0. The van der Waals surface area contributed by atoms with Gasteiger partial charge in [-0.15, -0.1) is 0 Å². The van der Waals surface area contributed by atoms with Gasteiger partial charge in [0.25, 0.3) is 5.69 Å². The maximum Gasteiger partial charge on any atom is 0.318 e. The molecule has 11 nitrogen and oxygen atoms in total. The highest BCUT2D eigenvalue weighted by molar-refractivity contribution is 5.77. The number of nitro groups is 2. The minimum atomic E-state index is -0.862. The predicted molar refractivity (Wildman–Crippen MR) is 108 cm³/mol. The summed E-state index contributed by atoms with van der Waals surface area (Å²) in [6, 6.07) is 9.57. The van der Waals surface area contributed by atoms with Crippen LogP contribution in [0.15, 0.2) is 42.5 Å². The van der Waals surface area contributed by atoms with Crippen LogP contribution in [0.3, 0.4) is 0 Å². The van der Waals surface area contributed by atoms with E-state index in [1.807, 2.05) is 6.92 Å². The number of carbonyl (C=O) groups is 2. The average molecular weight is 431 g/mol. The molecule has 0 heterocycles. The van der Waals surface area contributed by atoms with E-state index in [0.29, 0.717) is 24.1 Å². The molecule has 0 N–H and O–H groups in total. The lowest BCUT2D eigenvalue weighted by molar-refractivity contribution is -0.394. The second-order valence-electron chi connectivity index (χ2n) is 6.45. The minimum absolute atomic E-state index is 0.106. The Morgan fingerprint density at radius 2 is 1.81 bits per heavy atom. The first-order valence-corrected chi connectivity index (χ1v) is 9.40. The highest BCUT2D eigenvalue weighted by Crippen LogP contribution is 2.31. The van der Waals surface area contributed by atoms with Crippen LogP contribution in [0.2, 0.25) is 0 Å². The van der Waals surface area contributed by atoms with E-state index in [-0.39, 0.29) is 13.0 Å². The van der Waals surface area contributed by atoms with Crippen molar-refractivity contribution in [1.82, 2.24) is 5.06 Å². The van der Waals surface area contributed by atoms with Gasteiger partial charge in [-0.3, -0.25) is 34.7 Å². The quantitative estimate of drug-likeness (QED) is 0.124. The summed E-state index contributed by atoms with van der Waals surface area (Å²) in [4.78, 5) is 49.4. The molecule has 0 bridgehead atoms. The molecule has 0 saturated carbocycles. The number of unbranched alkanes of at least 4 members (excludes halogenated alkanes) is 1. The molecular weight excluding hydrogens is 410 g/mol. The fourth-order valence-electron chi connectivity index (χ4n) is 2.65. The molecule has 0 aromatic heterocycles. The fourth-order valence-corrected chi connectivity index (χ4v) is 2.65. The number of nitrogens with zero attached hydrogens (tertiary/aromatic N) is 3. The molecule has 164 valence electrons. The Morgan fingerprint density at radius 3 is 2.42 bits per heavy atom. The number of nitro benzene ring substituents is 2. The summed E-state index contributed by atoms with van der Waals surface area (Å²) < 4.78 is 5.09. The second kappa shape index (κ2) is 11.4. The zero-order valence-corrected chi connectivity index (χ0v) is 16.8. The third-order valence-electron chi connectivity index (χ3n) is 4.23. The number of amides is 1. The van der Waals surface area contributed by atoms with E-state index in [2.05, 4.69) is 0 Å². The number of rotatable bonds is 12. The lowest BCUT2D eigenvalue weighted by atomic mass is 10.0. The monoisotopic (exact) mass is 431 g/mol. The highest BCUT2D eigenvalue weighted by Gasteiger charge is 2.23.